The Morgan fingerprint density at radius 2 is 2.31 bits per heavy atom. The Labute approximate surface area is 90.0 Å². The molecule has 1 aromatic rings. The van der Waals surface area contributed by atoms with E-state index in [1.54, 1.807) is 11.8 Å². The molecule has 1 aliphatic heterocycles. The van der Waals surface area contributed by atoms with Crippen LogP contribution in [0, 0.1) is 6.92 Å². The number of alkyl halides is 1. The molecular weight excluding hydrogens is 248 g/mol. The van der Waals surface area contributed by atoms with Gasteiger partial charge in [-0.25, -0.2) is 0 Å². The lowest BCUT2D eigenvalue weighted by atomic mass is 10.1. The Morgan fingerprint density at radius 1 is 1.54 bits per heavy atom. The maximum absolute atomic E-state index is 11.7. The minimum absolute atomic E-state index is 0.00759. The molecule has 13 heavy (non-hydrogen) atoms. The Balaban J connectivity index is 2.51. The van der Waals surface area contributed by atoms with E-state index in [2.05, 4.69) is 15.9 Å². The van der Waals surface area contributed by atoms with Gasteiger partial charge in [-0.15, -0.1) is 11.8 Å². The lowest BCUT2D eigenvalue weighted by Crippen LogP contribution is -2.21. The van der Waals surface area contributed by atoms with Gasteiger partial charge in [-0.1, -0.05) is 27.6 Å². The van der Waals surface area contributed by atoms with Crippen molar-refractivity contribution in [3.05, 3.63) is 29.3 Å². The molecule has 0 spiro atoms. The standard InChI is InChI=1S/C10H9BrOS/c1-6-2-3-9-7(4-6)10(12)8(11)5-13-9/h2-4,8H,5H2,1H3. The molecule has 2 rings (SSSR count). The van der Waals surface area contributed by atoms with Crippen molar-refractivity contribution in [2.24, 2.45) is 0 Å². The molecule has 0 aliphatic carbocycles. The smallest absolute Gasteiger partial charge is 0.178 e. The molecule has 1 atom stereocenters. The summed E-state index contributed by atoms with van der Waals surface area (Å²) in [5, 5.41) is 0. The summed E-state index contributed by atoms with van der Waals surface area (Å²) >= 11 is 5.12. The molecule has 1 aliphatic rings. The maximum atomic E-state index is 11.7. The molecule has 3 heteroatoms. The third-order valence-electron chi connectivity index (χ3n) is 2.07. The van der Waals surface area contributed by atoms with E-state index in [1.807, 2.05) is 25.1 Å². The van der Waals surface area contributed by atoms with E-state index in [9.17, 15) is 4.79 Å². The Bertz CT molecular complexity index is 362. The number of benzene rings is 1. The number of carbonyl (C=O) groups is 1. The molecule has 1 aromatic carbocycles. The summed E-state index contributed by atoms with van der Waals surface area (Å²) < 4.78 is 0. The normalized spacial score (nSPS) is 21.4. The first-order valence-corrected chi connectivity index (χ1v) is 6.00. The fraction of sp³-hybridized carbons (Fsp3) is 0.300. The van der Waals surface area contributed by atoms with E-state index >= 15 is 0 Å². The molecule has 1 nitrogen and oxygen atoms in total. The average molecular weight is 257 g/mol. The van der Waals surface area contributed by atoms with Crippen LogP contribution in [0.4, 0.5) is 0 Å². The quantitative estimate of drug-likeness (QED) is 0.664. The first-order chi connectivity index (χ1) is 6.18. The van der Waals surface area contributed by atoms with Gasteiger partial charge in [0.2, 0.25) is 0 Å². The zero-order valence-electron chi connectivity index (χ0n) is 7.21. The summed E-state index contributed by atoms with van der Waals surface area (Å²) in [7, 11) is 0. The van der Waals surface area contributed by atoms with Gasteiger partial charge in [-0.05, 0) is 19.1 Å². The second kappa shape index (κ2) is 3.46. The lowest BCUT2D eigenvalue weighted by Gasteiger charge is -2.18. The number of hydrogen-bond donors (Lipinski definition) is 0. The summed E-state index contributed by atoms with van der Waals surface area (Å²) in [5.74, 6) is 1.06. The first kappa shape index (κ1) is 9.28. The molecule has 68 valence electrons. The minimum atomic E-state index is -0.00759. The van der Waals surface area contributed by atoms with Crippen LogP contribution in [0.25, 0.3) is 0 Å². The van der Waals surface area contributed by atoms with Crippen molar-refractivity contribution in [3.63, 3.8) is 0 Å². The number of fused-ring (bicyclic) bond motifs is 1. The van der Waals surface area contributed by atoms with Crippen LogP contribution in [0.2, 0.25) is 0 Å². The Hall–Kier alpha value is -0.280. The summed E-state index contributed by atoms with van der Waals surface area (Å²) in [6.07, 6.45) is 0. The summed E-state index contributed by atoms with van der Waals surface area (Å²) in [5.41, 5.74) is 2.02. The average Bonchev–Trinajstić information content (AvgIpc) is 2.12. The van der Waals surface area contributed by atoms with Crippen molar-refractivity contribution in [1.29, 1.82) is 0 Å². The van der Waals surface area contributed by atoms with Gasteiger partial charge in [0.25, 0.3) is 0 Å². The summed E-state index contributed by atoms with van der Waals surface area (Å²) in [4.78, 5) is 12.8. The molecule has 0 fully saturated rings. The third kappa shape index (κ3) is 1.67. The molecule has 0 N–H and O–H groups in total. The number of halogens is 1. The maximum Gasteiger partial charge on any atom is 0.178 e. The highest BCUT2D eigenvalue weighted by Crippen LogP contribution is 2.33. The molecule has 0 amide bonds. The monoisotopic (exact) mass is 256 g/mol. The van der Waals surface area contributed by atoms with Crippen LogP contribution >= 0.6 is 27.7 Å². The van der Waals surface area contributed by atoms with Crippen LogP contribution in [0.15, 0.2) is 23.1 Å². The molecule has 0 radical (unpaired) electrons. The van der Waals surface area contributed by atoms with E-state index in [4.69, 9.17) is 0 Å². The predicted octanol–water partition coefficient (Wildman–Crippen LogP) is 3.05. The number of ketones is 1. The van der Waals surface area contributed by atoms with Gasteiger partial charge in [-0.3, -0.25) is 4.79 Å². The fourth-order valence-corrected chi connectivity index (χ4v) is 2.97. The van der Waals surface area contributed by atoms with Gasteiger partial charge in [0.15, 0.2) is 5.78 Å². The van der Waals surface area contributed by atoms with E-state index in [0.717, 1.165) is 21.8 Å². The number of aryl methyl sites for hydroxylation is 1. The van der Waals surface area contributed by atoms with Crippen LogP contribution in [0.5, 0.6) is 0 Å². The Morgan fingerprint density at radius 3 is 3.08 bits per heavy atom. The van der Waals surface area contributed by atoms with Crippen LogP contribution in [0.1, 0.15) is 15.9 Å². The van der Waals surface area contributed by atoms with Crippen molar-refractivity contribution in [2.45, 2.75) is 16.6 Å². The van der Waals surface area contributed by atoms with Gasteiger partial charge >= 0.3 is 0 Å². The second-order valence-corrected chi connectivity index (χ2v) is 5.31. The largest absolute Gasteiger partial charge is 0.293 e. The van der Waals surface area contributed by atoms with Crippen molar-refractivity contribution in [1.82, 2.24) is 0 Å². The fourth-order valence-electron chi connectivity index (χ4n) is 1.37. The number of thioether (sulfide) groups is 1. The molecule has 0 saturated carbocycles. The molecule has 0 saturated heterocycles. The minimum Gasteiger partial charge on any atom is -0.293 e. The molecule has 0 bridgehead atoms. The van der Waals surface area contributed by atoms with Gasteiger partial charge < -0.3 is 0 Å². The molecular formula is C10H9BrOS. The van der Waals surface area contributed by atoms with Crippen LogP contribution < -0.4 is 0 Å². The van der Waals surface area contributed by atoms with Gasteiger partial charge in [-0.2, -0.15) is 0 Å². The molecule has 1 heterocycles. The van der Waals surface area contributed by atoms with Crippen LogP contribution in [-0.2, 0) is 0 Å². The zero-order valence-corrected chi connectivity index (χ0v) is 9.61. The first-order valence-electron chi connectivity index (χ1n) is 4.10. The van der Waals surface area contributed by atoms with E-state index in [1.165, 1.54) is 0 Å². The topological polar surface area (TPSA) is 17.1 Å². The summed E-state index contributed by atoms with van der Waals surface area (Å²) in [6, 6.07) is 6.05. The second-order valence-electron chi connectivity index (χ2n) is 3.14. The zero-order chi connectivity index (χ0) is 9.42. The number of rotatable bonds is 0. The van der Waals surface area contributed by atoms with Gasteiger partial charge in [0.1, 0.15) is 0 Å². The highest BCUT2D eigenvalue weighted by molar-refractivity contribution is 9.10. The number of carbonyl (C=O) groups excluding carboxylic acids is 1. The lowest BCUT2D eigenvalue weighted by molar-refractivity contribution is 0.0992. The van der Waals surface area contributed by atoms with E-state index in [0.29, 0.717) is 0 Å². The molecule has 0 aromatic heterocycles. The van der Waals surface area contributed by atoms with Crippen LogP contribution in [0.3, 0.4) is 0 Å². The predicted molar refractivity (Wildman–Crippen MR) is 58.9 cm³/mol. The van der Waals surface area contributed by atoms with Crippen molar-refractivity contribution in [3.8, 4) is 0 Å². The highest BCUT2D eigenvalue weighted by atomic mass is 79.9. The third-order valence-corrected chi connectivity index (χ3v) is 4.41. The van der Waals surface area contributed by atoms with Crippen molar-refractivity contribution < 1.29 is 4.79 Å². The van der Waals surface area contributed by atoms with Crippen LogP contribution in [-0.4, -0.2) is 16.4 Å². The Kier molecular flexibility index (Phi) is 2.47. The molecule has 1 unspecified atom stereocenters. The van der Waals surface area contributed by atoms with Gasteiger partial charge in [0.05, 0.1) is 4.83 Å². The number of hydrogen-bond acceptors (Lipinski definition) is 2. The van der Waals surface area contributed by atoms with Crippen molar-refractivity contribution >= 4 is 33.5 Å². The highest BCUT2D eigenvalue weighted by Gasteiger charge is 2.25. The van der Waals surface area contributed by atoms with Gasteiger partial charge in [0, 0.05) is 16.2 Å². The van der Waals surface area contributed by atoms with Crippen molar-refractivity contribution in [2.75, 3.05) is 5.75 Å². The van der Waals surface area contributed by atoms with E-state index < -0.39 is 0 Å². The SMILES string of the molecule is Cc1ccc2c(c1)C(=O)C(Br)CS2. The summed E-state index contributed by atoms with van der Waals surface area (Å²) in [6.45, 7) is 2.01. The van der Waals surface area contributed by atoms with E-state index in [-0.39, 0.29) is 10.6 Å². The number of Topliss-reactive ketones (excluding diaryl/α,β-unsaturated/α-hetero) is 1.